The Balaban J connectivity index is -0.0000000602. The fourth-order valence-corrected chi connectivity index (χ4v) is 0.547. The van der Waals surface area contributed by atoms with Crippen molar-refractivity contribution in [3.8, 4) is 49.4 Å². The molecule has 0 aliphatic rings. The van der Waals surface area contributed by atoms with E-state index in [1.807, 2.05) is 23.7 Å². The van der Waals surface area contributed by atoms with Gasteiger partial charge in [-0.25, -0.2) is 19.2 Å². The Labute approximate surface area is 273 Å². The van der Waals surface area contributed by atoms with Crippen molar-refractivity contribution in [3.05, 3.63) is 0 Å². The Morgan fingerprint density at radius 2 is 0.841 bits per heavy atom. The van der Waals surface area contributed by atoms with E-state index < -0.39 is 57.5 Å². The molecule has 0 unspecified atom stereocenters. The smallest absolute Gasteiger partial charge is 0.418 e. The molecule has 0 saturated heterocycles. The monoisotopic (exact) mass is 828 g/mol. The van der Waals surface area contributed by atoms with Crippen molar-refractivity contribution in [1.29, 1.82) is 0 Å². The van der Waals surface area contributed by atoms with Crippen LogP contribution >= 0.6 is 55.1 Å². The number of carboxylic acids is 2. The lowest BCUT2D eigenvalue weighted by Gasteiger charge is -2.04. The predicted molar refractivity (Wildman–Crippen MR) is 150 cm³/mol. The van der Waals surface area contributed by atoms with Crippen LogP contribution in [-0.4, -0.2) is 91.2 Å². The standard InChI is InChI=1S/C5H3BrF2O2.C5H3ClF2O2.2C3H4O.C2HBrF2O2.C2HClF2O2.2CH4/c2*1-2-3-10-4(9)5(6,7)8;2*1-2-3-4;2*3-2(4,5)1(6)7;;/h2*1H,3H2;2*1,4H,3H2;2*(H,6,7);2*1H4. The molecule has 0 aromatic heterocycles. The minimum atomic E-state index is -4.11. The third kappa shape index (κ3) is 58.6. The number of ether oxygens (including phenoxy) is 2. The average Bonchev–Trinajstić information content (AvgIpc) is 2.84. The number of alkyl halides is 12. The van der Waals surface area contributed by atoms with Gasteiger partial charge in [0.05, 0.1) is 0 Å². The molecule has 0 aliphatic heterocycles. The second kappa shape index (κ2) is 32.9. The van der Waals surface area contributed by atoms with E-state index in [-0.39, 0.29) is 28.1 Å². The number of carbonyl (C=O) groups excluding carboxylic acids is 2. The number of rotatable bonds is 6. The van der Waals surface area contributed by atoms with Crippen LogP contribution in [-0.2, 0) is 28.7 Å². The third-order valence-corrected chi connectivity index (χ3v) is 2.68. The fraction of sp³-hybridized carbons (Fsp3) is 0.455. The number of terminal acetylenes is 4. The number of aliphatic hydroxyl groups excluding tert-OH is 2. The van der Waals surface area contributed by atoms with Crippen LogP contribution < -0.4 is 0 Å². The molecule has 10 nitrogen and oxygen atoms in total. The second-order valence-corrected chi connectivity index (χ2v) is 7.83. The Hall–Kier alpha value is -2.98. The Morgan fingerprint density at radius 1 is 0.614 bits per heavy atom. The summed E-state index contributed by atoms with van der Waals surface area (Å²) < 4.78 is 99.0. The van der Waals surface area contributed by atoms with Crippen LogP contribution in [0.4, 0.5) is 35.1 Å². The van der Waals surface area contributed by atoms with E-state index in [9.17, 15) is 49.5 Å². The first-order valence-electron chi connectivity index (χ1n) is 8.72. The van der Waals surface area contributed by atoms with Crippen LogP contribution in [0.3, 0.4) is 0 Å². The van der Waals surface area contributed by atoms with Gasteiger partial charge in [-0.05, 0) is 23.2 Å². The molecule has 0 fully saturated rings. The molecule has 0 atom stereocenters. The molecule has 0 aromatic carbocycles. The predicted octanol–water partition coefficient (Wildman–Crippen LogP) is 4.60. The number of hydrogen-bond donors (Lipinski definition) is 4. The zero-order chi connectivity index (χ0) is 35.4. The van der Waals surface area contributed by atoms with E-state index in [4.69, 9.17) is 25.2 Å². The van der Waals surface area contributed by atoms with Crippen molar-refractivity contribution in [2.24, 2.45) is 0 Å². The number of aliphatic carboxylic acids is 2. The Bertz CT molecular complexity index is 891. The first kappa shape index (κ1) is 60.3. The highest BCUT2D eigenvalue weighted by Gasteiger charge is 2.38. The molecule has 0 saturated carbocycles. The molecule has 4 N–H and O–H groups in total. The summed E-state index contributed by atoms with van der Waals surface area (Å²) >= 11 is 11.6. The summed E-state index contributed by atoms with van der Waals surface area (Å²) in [6.07, 6.45) is 18.3. The molecule has 0 spiro atoms. The van der Waals surface area contributed by atoms with Crippen molar-refractivity contribution in [2.75, 3.05) is 26.4 Å². The van der Waals surface area contributed by atoms with Gasteiger partial charge in [-0.2, -0.15) is 35.1 Å². The van der Waals surface area contributed by atoms with Gasteiger partial charge in [0.25, 0.3) is 0 Å². The van der Waals surface area contributed by atoms with Gasteiger partial charge in [0.1, 0.15) is 13.2 Å². The number of esters is 2. The minimum Gasteiger partial charge on any atom is -0.476 e. The summed E-state index contributed by atoms with van der Waals surface area (Å²) in [5, 5.41) is 22.0. The molecule has 44 heavy (non-hydrogen) atoms. The quantitative estimate of drug-likeness (QED) is 0.129. The average molecular weight is 831 g/mol. The van der Waals surface area contributed by atoms with E-state index in [0.29, 0.717) is 0 Å². The van der Waals surface area contributed by atoms with Gasteiger partial charge >= 0.3 is 44.3 Å². The highest BCUT2D eigenvalue weighted by Crippen LogP contribution is 2.23. The summed E-state index contributed by atoms with van der Waals surface area (Å²) in [4.78, 5) is 31.1. The van der Waals surface area contributed by atoms with Gasteiger partial charge < -0.3 is 29.9 Å². The molecule has 0 rings (SSSR count). The van der Waals surface area contributed by atoms with Crippen molar-refractivity contribution < 1.29 is 84.2 Å². The molecule has 0 heterocycles. The van der Waals surface area contributed by atoms with Crippen LogP contribution in [0.25, 0.3) is 0 Å². The first-order valence-corrected chi connectivity index (χ1v) is 11.1. The molecule has 0 aromatic rings. The van der Waals surface area contributed by atoms with Crippen LogP contribution in [0, 0.1) is 49.4 Å². The van der Waals surface area contributed by atoms with Crippen molar-refractivity contribution in [1.82, 2.24) is 0 Å². The second-order valence-electron chi connectivity index (χ2n) is 4.89. The lowest BCUT2D eigenvalue weighted by molar-refractivity contribution is -0.159. The topological polar surface area (TPSA) is 168 Å². The molecule has 0 bridgehead atoms. The highest BCUT2D eigenvalue weighted by molar-refractivity contribution is 9.10. The zero-order valence-electron chi connectivity index (χ0n) is 19.9. The summed E-state index contributed by atoms with van der Waals surface area (Å²) in [5.41, 5.74) is 0. The molecular formula is C22H24Br2Cl2F8O10. The highest BCUT2D eigenvalue weighted by atomic mass is 79.9. The van der Waals surface area contributed by atoms with Crippen LogP contribution in [0.15, 0.2) is 0 Å². The van der Waals surface area contributed by atoms with Gasteiger partial charge in [-0.3, -0.25) is 0 Å². The lowest BCUT2D eigenvalue weighted by atomic mass is 10.7. The molecule has 0 amide bonds. The minimum absolute atomic E-state index is 0. The van der Waals surface area contributed by atoms with E-state index in [2.05, 4.69) is 58.4 Å². The van der Waals surface area contributed by atoms with Gasteiger partial charge in [-0.1, -0.05) is 38.5 Å². The van der Waals surface area contributed by atoms with Crippen molar-refractivity contribution in [3.63, 3.8) is 0 Å². The number of carbonyl (C=O) groups is 4. The van der Waals surface area contributed by atoms with E-state index in [1.54, 1.807) is 31.9 Å². The maximum absolute atomic E-state index is 11.8. The molecular weight excluding hydrogens is 807 g/mol. The SMILES string of the molecule is C.C.C#CCO.C#CCO.C#CCOC(=O)C(F)(F)Br.C#CCOC(=O)C(F)(F)Cl.O=C(O)C(F)(F)Br.O=C(O)C(F)(F)Cl. The van der Waals surface area contributed by atoms with Gasteiger partial charge in [-0.15, -0.1) is 25.7 Å². The molecule has 0 aliphatic carbocycles. The largest absolute Gasteiger partial charge is 0.476 e. The van der Waals surface area contributed by atoms with Crippen LogP contribution in [0.5, 0.6) is 0 Å². The summed E-state index contributed by atoms with van der Waals surface area (Å²) in [6, 6.07) is 0. The van der Waals surface area contributed by atoms with Crippen LogP contribution in [0.1, 0.15) is 14.9 Å². The van der Waals surface area contributed by atoms with Crippen molar-refractivity contribution in [2.45, 2.75) is 35.3 Å². The fourth-order valence-electron chi connectivity index (χ4n) is 0.378. The number of hydrogen-bond acceptors (Lipinski definition) is 8. The number of carboxylic acid groups (broad SMARTS) is 2. The number of aliphatic hydroxyl groups is 2. The third-order valence-electron chi connectivity index (χ3n) is 1.70. The maximum atomic E-state index is 11.8. The summed E-state index contributed by atoms with van der Waals surface area (Å²) in [7, 11) is 0. The maximum Gasteiger partial charge on any atom is 0.418 e. The number of halogens is 12. The first-order chi connectivity index (χ1) is 18.7. The van der Waals surface area contributed by atoms with Crippen molar-refractivity contribution >= 4 is 78.9 Å². The van der Waals surface area contributed by atoms with Gasteiger partial charge in [0, 0.05) is 31.9 Å². The lowest BCUT2D eigenvalue weighted by Crippen LogP contribution is -2.24. The summed E-state index contributed by atoms with van der Waals surface area (Å²) in [5.74, 6) is -0.319. The molecule has 256 valence electrons. The van der Waals surface area contributed by atoms with E-state index in [0.717, 1.165) is 0 Å². The van der Waals surface area contributed by atoms with Gasteiger partial charge in [0.2, 0.25) is 0 Å². The van der Waals surface area contributed by atoms with E-state index >= 15 is 0 Å². The molecule has 22 heteroatoms. The Morgan fingerprint density at radius 3 is 0.955 bits per heavy atom. The van der Waals surface area contributed by atoms with Gasteiger partial charge in [0.15, 0.2) is 13.2 Å². The molecule has 0 radical (unpaired) electrons. The van der Waals surface area contributed by atoms with E-state index in [1.165, 1.54) is 0 Å². The van der Waals surface area contributed by atoms with Crippen LogP contribution in [0.2, 0.25) is 0 Å². The normalized spacial score (nSPS) is 9.14. The zero-order valence-corrected chi connectivity index (χ0v) is 24.6. The Kier molecular flexibility index (Phi) is 45.1. The summed E-state index contributed by atoms with van der Waals surface area (Å²) in [6.45, 7) is -1.25.